The number of thioether (sulfide) groups is 1. The maximum absolute atomic E-state index is 11.3. The number of hydrogen-bond acceptors (Lipinski definition) is 4. The fourth-order valence-electron chi connectivity index (χ4n) is 1.10. The van der Waals surface area contributed by atoms with Gasteiger partial charge in [-0.05, 0) is 25.3 Å². The maximum Gasteiger partial charge on any atom is 0.222 e. The van der Waals surface area contributed by atoms with Gasteiger partial charge < -0.3 is 5.11 Å². The Morgan fingerprint density at radius 2 is 1.86 bits per heavy atom. The van der Waals surface area contributed by atoms with Crippen LogP contribution in [0, 0.1) is 0 Å². The van der Waals surface area contributed by atoms with E-state index in [2.05, 4.69) is 0 Å². The third-order valence-electron chi connectivity index (χ3n) is 1.82. The smallest absolute Gasteiger partial charge is 0.222 e. The minimum Gasteiger partial charge on any atom is -0.506 e. The van der Waals surface area contributed by atoms with E-state index in [1.54, 1.807) is 12.3 Å². The monoisotopic (exact) mass is 210 g/mol. The minimum absolute atomic E-state index is 0.185. The summed E-state index contributed by atoms with van der Waals surface area (Å²) in [5.41, 5.74) is 0.370. The maximum atomic E-state index is 11.3. The average Bonchev–Trinajstić information content (AvgIpc) is 2.16. The van der Waals surface area contributed by atoms with E-state index in [4.69, 9.17) is 0 Å². The molecule has 4 heteroatoms. The third-order valence-corrected chi connectivity index (χ3v) is 2.41. The van der Waals surface area contributed by atoms with Crippen LogP contribution in [-0.4, -0.2) is 22.3 Å². The van der Waals surface area contributed by atoms with Gasteiger partial charge in [0.05, 0.1) is 11.1 Å². The number of benzene rings is 1. The molecule has 0 unspecified atom stereocenters. The van der Waals surface area contributed by atoms with Crippen LogP contribution in [-0.2, 0) is 0 Å². The van der Waals surface area contributed by atoms with Crippen LogP contribution in [0.1, 0.15) is 27.6 Å². The van der Waals surface area contributed by atoms with Gasteiger partial charge in [-0.2, -0.15) is 0 Å². The number of aromatic hydroxyl groups is 1. The highest BCUT2D eigenvalue weighted by atomic mass is 32.2. The molecule has 0 bridgehead atoms. The van der Waals surface area contributed by atoms with E-state index < -0.39 is 0 Å². The Hall–Kier alpha value is -1.29. The SMILES string of the molecule is CSC(=O)c1cccc(C(C)=O)c1O. The lowest BCUT2D eigenvalue weighted by Crippen LogP contribution is -1.99. The second kappa shape index (κ2) is 4.28. The topological polar surface area (TPSA) is 54.4 Å². The molecule has 0 saturated heterocycles. The largest absolute Gasteiger partial charge is 0.506 e. The number of ketones is 1. The molecule has 1 rings (SSSR count). The molecule has 0 aromatic heterocycles. The quantitative estimate of drug-likeness (QED) is 0.759. The van der Waals surface area contributed by atoms with Crippen LogP contribution >= 0.6 is 11.8 Å². The van der Waals surface area contributed by atoms with Gasteiger partial charge in [-0.15, -0.1) is 0 Å². The van der Waals surface area contributed by atoms with Crippen molar-refractivity contribution >= 4 is 22.7 Å². The first kappa shape index (κ1) is 10.8. The molecular weight excluding hydrogens is 200 g/mol. The Kier molecular flexibility index (Phi) is 3.30. The molecule has 0 heterocycles. The van der Waals surface area contributed by atoms with Crippen LogP contribution in [0.25, 0.3) is 0 Å². The second-order valence-corrected chi connectivity index (χ2v) is 3.53. The summed E-state index contributed by atoms with van der Waals surface area (Å²) in [4.78, 5) is 22.4. The van der Waals surface area contributed by atoms with Gasteiger partial charge in [-0.25, -0.2) is 0 Å². The minimum atomic E-state index is -0.252. The molecule has 0 fully saturated rings. The number of para-hydroxylation sites is 1. The van der Waals surface area contributed by atoms with E-state index in [1.807, 2.05) is 0 Å². The van der Waals surface area contributed by atoms with Crippen LogP contribution in [0.5, 0.6) is 5.75 Å². The average molecular weight is 210 g/mol. The van der Waals surface area contributed by atoms with Crippen LogP contribution in [0.15, 0.2) is 18.2 Å². The number of carbonyl (C=O) groups is 2. The Morgan fingerprint density at radius 3 is 2.36 bits per heavy atom. The number of carbonyl (C=O) groups excluding carboxylic acids is 2. The van der Waals surface area contributed by atoms with E-state index in [0.717, 1.165) is 11.8 Å². The zero-order valence-corrected chi connectivity index (χ0v) is 8.72. The van der Waals surface area contributed by atoms with Crippen LogP contribution in [0.2, 0.25) is 0 Å². The van der Waals surface area contributed by atoms with E-state index in [9.17, 15) is 14.7 Å². The van der Waals surface area contributed by atoms with Crippen molar-refractivity contribution in [2.75, 3.05) is 6.26 Å². The second-order valence-electron chi connectivity index (χ2n) is 2.75. The van der Waals surface area contributed by atoms with E-state index in [1.165, 1.54) is 19.1 Å². The van der Waals surface area contributed by atoms with Crippen molar-refractivity contribution in [2.24, 2.45) is 0 Å². The molecule has 0 aliphatic heterocycles. The predicted octanol–water partition coefficient (Wildman–Crippen LogP) is 2.10. The van der Waals surface area contributed by atoms with Crippen molar-refractivity contribution in [3.05, 3.63) is 29.3 Å². The number of Topliss-reactive ketones (excluding diaryl/α,β-unsaturated/α-hetero) is 1. The Morgan fingerprint density at radius 1 is 1.29 bits per heavy atom. The Labute approximate surface area is 86.1 Å². The molecule has 14 heavy (non-hydrogen) atoms. The molecule has 0 aliphatic carbocycles. The van der Waals surface area contributed by atoms with Gasteiger partial charge in [0.1, 0.15) is 5.75 Å². The zero-order chi connectivity index (χ0) is 10.7. The van der Waals surface area contributed by atoms with Crippen molar-refractivity contribution in [3.63, 3.8) is 0 Å². The van der Waals surface area contributed by atoms with Crippen LogP contribution in [0.4, 0.5) is 0 Å². The first-order valence-electron chi connectivity index (χ1n) is 3.99. The summed E-state index contributed by atoms with van der Waals surface area (Å²) in [6.07, 6.45) is 1.63. The van der Waals surface area contributed by atoms with Gasteiger partial charge in [0.2, 0.25) is 5.12 Å². The third kappa shape index (κ3) is 1.96. The van der Waals surface area contributed by atoms with Gasteiger partial charge in [0, 0.05) is 0 Å². The molecule has 0 radical (unpaired) electrons. The predicted molar refractivity (Wildman–Crippen MR) is 56.0 cm³/mol. The Bertz CT molecular complexity index is 385. The zero-order valence-electron chi connectivity index (χ0n) is 7.90. The summed E-state index contributed by atoms with van der Waals surface area (Å²) >= 11 is 1.00. The van der Waals surface area contributed by atoms with Gasteiger partial charge in [-0.3, -0.25) is 9.59 Å². The molecule has 0 spiro atoms. The molecule has 74 valence electrons. The van der Waals surface area contributed by atoms with Crippen molar-refractivity contribution in [3.8, 4) is 5.75 Å². The molecule has 1 aromatic rings. The van der Waals surface area contributed by atoms with Gasteiger partial charge >= 0.3 is 0 Å². The summed E-state index contributed by atoms with van der Waals surface area (Å²) in [5.74, 6) is -0.474. The number of rotatable bonds is 2. The van der Waals surface area contributed by atoms with Crippen molar-refractivity contribution in [1.82, 2.24) is 0 Å². The molecule has 1 aromatic carbocycles. The fourth-order valence-corrected chi connectivity index (χ4v) is 1.49. The van der Waals surface area contributed by atoms with E-state index in [-0.39, 0.29) is 27.8 Å². The first-order chi connectivity index (χ1) is 6.57. The molecule has 1 N–H and O–H groups in total. The summed E-state index contributed by atoms with van der Waals surface area (Å²) < 4.78 is 0. The lowest BCUT2D eigenvalue weighted by molar-refractivity contribution is 0.101. The van der Waals surface area contributed by atoms with Crippen LogP contribution < -0.4 is 0 Å². The lowest BCUT2D eigenvalue weighted by Gasteiger charge is -2.04. The molecular formula is C10H10O3S. The number of phenols is 1. The van der Waals surface area contributed by atoms with E-state index >= 15 is 0 Å². The number of phenolic OH excluding ortho intramolecular Hbond substituents is 1. The van der Waals surface area contributed by atoms with Gasteiger partial charge in [0.25, 0.3) is 0 Å². The summed E-state index contributed by atoms with van der Waals surface area (Å²) in [6.45, 7) is 1.35. The molecule has 0 saturated carbocycles. The summed E-state index contributed by atoms with van der Waals surface area (Å²) in [5, 5.41) is 9.36. The highest BCUT2D eigenvalue weighted by Crippen LogP contribution is 2.25. The standard InChI is InChI=1S/C10H10O3S/c1-6(11)7-4-3-5-8(9(7)12)10(13)14-2/h3-5,12H,1-2H3. The first-order valence-corrected chi connectivity index (χ1v) is 5.21. The van der Waals surface area contributed by atoms with Crippen LogP contribution in [0.3, 0.4) is 0 Å². The molecule has 0 amide bonds. The highest BCUT2D eigenvalue weighted by Gasteiger charge is 2.15. The van der Waals surface area contributed by atoms with Crippen molar-refractivity contribution < 1.29 is 14.7 Å². The lowest BCUT2D eigenvalue weighted by atomic mass is 10.1. The molecule has 0 aliphatic rings. The summed E-state index contributed by atoms with van der Waals surface area (Å²) in [7, 11) is 0. The fraction of sp³-hybridized carbons (Fsp3) is 0.200. The molecule has 0 atom stereocenters. The highest BCUT2D eigenvalue weighted by molar-refractivity contribution is 8.13. The molecule has 3 nitrogen and oxygen atoms in total. The number of hydrogen-bond donors (Lipinski definition) is 1. The van der Waals surface area contributed by atoms with Crippen molar-refractivity contribution in [1.29, 1.82) is 0 Å². The van der Waals surface area contributed by atoms with Gasteiger partial charge in [0.15, 0.2) is 5.78 Å². The van der Waals surface area contributed by atoms with E-state index in [0.29, 0.717) is 0 Å². The Balaban J connectivity index is 3.27. The normalized spacial score (nSPS) is 9.86. The summed E-state index contributed by atoms with van der Waals surface area (Å²) in [6, 6.07) is 4.58. The van der Waals surface area contributed by atoms with Crippen molar-refractivity contribution in [2.45, 2.75) is 6.92 Å². The van der Waals surface area contributed by atoms with Gasteiger partial charge in [-0.1, -0.05) is 17.8 Å².